The molecule has 1 unspecified atom stereocenters. The van der Waals surface area contributed by atoms with Crippen LogP contribution in [0.1, 0.15) is 46.0 Å². The fourth-order valence-corrected chi connectivity index (χ4v) is 3.04. The van der Waals surface area contributed by atoms with Gasteiger partial charge >= 0.3 is 0 Å². The molecule has 3 nitrogen and oxygen atoms in total. The maximum atomic E-state index is 11.8. The molecule has 0 bridgehead atoms. The topological polar surface area (TPSA) is 32.3 Å². The fourth-order valence-electron chi connectivity index (χ4n) is 3.04. The lowest BCUT2D eigenvalue weighted by atomic mass is 10.0. The van der Waals surface area contributed by atoms with Crippen LogP contribution < -0.4 is 5.32 Å². The number of nitrogens with zero attached hydrogens (tertiary/aromatic N) is 1. The fraction of sp³-hybridized carbons (Fsp3) is 0.923. The lowest BCUT2D eigenvalue weighted by molar-refractivity contribution is -0.128. The van der Waals surface area contributed by atoms with Gasteiger partial charge in [0, 0.05) is 6.54 Å². The Kier molecular flexibility index (Phi) is 3.85. The highest BCUT2D eigenvalue weighted by atomic mass is 16.2. The summed E-state index contributed by atoms with van der Waals surface area (Å²) in [5.74, 6) is 1.67. The summed E-state index contributed by atoms with van der Waals surface area (Å²) in [5.41, 5.74) is 0. The monoisotopic (exact) mass is 224 g/mol. The van der Waals surface area contributed by atoms with Gasteiger partial charge in [-0.05, 0) is 18.3 Å². The van der Waals surface area contributed by atoms with Crippen molar-refractivity contribution >= 4 is 5.91 Å². The summed E-state index contributed by atoms with van der Waals surface area (Å²) in [4.78, 5) is 13.8. The van der Waals surface area contributed by atoms with Crippen molar-refractivity contribution in [1.29, 1.82) is 0 Å². The molecule has 1 N–H and O–H groups in total. The molecular weight excluding hydrogens is 200 g/mol. The normalized spacial score (nSPS) is 27.3. The summed E-state index contributed by atoms with van der Waals surface area (Å²) in [7, 11) is 0. The Bertz CT molecular complexity index is 246. The highest BCUT2D eigenvalue weighted by Crippen LogP contribution is 2.28. The Hall–Kier alpha value is -0.570. The third-order valence-corrected chi connectivity index (χ3v) is 4.00. The minimum absolute atomic E-state index is 0.272. The van der Waals surface area contributed by atoms with Gasteiger partial charge in [-0.1, -0.05) is 39.5 Å². The summed E-state index contributed by atoms with van der Waals surface area (Å²) >= 11 is 0. The zero-order valence-corrected chi connectivity index (χ0v) is 10.5. The van der Waals surface area contributed by atoms with Crippen molar-refractivity contribution in [1.82, 2.24) is 10.2 Å². The number of amides is 1. The van der Waals surface area contributed by atoms with Crippen LogP contribution in [0, 0.1) is 11.8 Å². The van der Waals surface area contributed by atoms with Gasteiger partial charge in [0.25, 0.3) is 0 Å². The van der Waals surface area contributed by atoms with Crippen molar-refractivity contribution in [3.8, 4) is 0 Å². The van der Waals surface area contributed by atoms with Crippen molar-refractivity contribution in [2.24, 2.45) is 11.8 Å². The van der Waals surface area contributed by atoms with Crippen LogP contribution in [0.4, 0.5) is 0 Å². The van der Waals surface area contributed by atoms with E-state index in [-0.39, 0.29) is 12.1 Å². The van der Waals surface area contributed by atoms with E-state index in [0.717, 1.165) is 12.5 Å². The summed E-state index contributed by atoms with van der Waals surface area (Å²) in [6.07, 6.45) is 7.02. The quantitative estimate of drug-likeness (QED) is 0.792. The predicted molar refractivity (Wildman–Crippen MR) is 64.9 cm³/mol. The van der Waals surface area contributed by atoms with Crippen LogP contribution in [0.15, 0.2) is 0 Å². The lowest BCUT2D eigenvalue weighted by Crippen LogP contribution is -2.42. The first-order chi connectivity index (χ1) is 7.68. The predicted octanol–water partition coefficient (Wildman–Crippen LogP) is 1.98. The molecular formula is C13H24N2O. The molecule has 3 heteroatoms. The summed E-state index contributed by atoms with van der Waals surface area (Å²) in [6, 6.07) is 0. The van der Waals surface area contributed by atoms with E-state index in [1.54, 1.807) is 0 Å². The van der Waals surface area contributed by atoms with E-state index < -0.39 is 0 Å². The van der Waals surface area contributed by atoms with E-state index in [4.69, 9.17) is 0 Å². The first kappa shape index (κ1) is 11.9. The van der Waals surface area contributed by atoms with E-state index in [2.05, 4.69) is 24.1 Å². The lowest BCUT2D eigenvalue weighted by Gasteiger charge is -2.28. The van der Waals surface area contributed by atoms with Crippen LogP contribution in [0.25, 0.3) is 0 Å². The number of hydrogen-bond acceptors (Lipinski definition) is 2. The molecule has 1 saturated heterocycles. The molecule has 1 amide bonds. The van der Waals surface area contributed by atoms with Gasteiger partial charge in [-0.15, -0.1) is 0 Å². The average molecular weight is 224 g/mol. The molecule has 0 aromatic rings. The minimum Gasteiger partial charge on any atom is -0.326 e. The molecule has 2 fully saturated rings. The molecule has 0 aromatic carbocycles. The van der Waals surface area contributed by atoms with Crippen molar-refractivity contribution in [2.75, 3.05) is 13.1 Å². The molecule has 1 saturated carbocycles. The molecule has 1 atom stereocenters. The largest absolute Gasteiger partial charge is 0.326 e. The van der Waals surface area contributed by atoms with Gasteiger partial charge < -0.3 is 4.90 Å². The highest BCUT2D eigenvalue weighted by molar-refractivity contribution is 5.80. The molecule has 0 spiro atoms. The van der Waals surface area contributed by atoms with E-state index >= 15 is 0 Å². The maximum Gasteiger partial charge on any atom is 0.237 e. The van der Waals surface area contributed by atoms with Gasteiger partial charge in [0.2, 0.25) is 5.91 Å². The van der Waals surface area contributed by atoms with E-state index in [1.807, 2.05) is 0 Å². The van der Waals surface area contributed by atoms with Crippen LogP contribution in [-0.2, 0) is 4.79 Å². The number of carbonyl (C=O) groups excluding carboxylic acids is 1. The second-order valence-corrected chi connectivity index (χ2v) is 5.60. The zero-order valence-electron chi connectivity index (χ0n) is 10.5. The van der Waals surface area contributed by atoms with E-state index in [1.165, 1.54) is 32.1 Å². The molecule has 1 heterocycles. The number of carbonyl (C=O) groups is 1. The van der Waals surface area contributed by atoms with E-state index in [9.17, 15) is 4.79 Å². The summed E-state index contributed by atoms with van der Waals surface area (Å²) in [5, 5.41) is 3.31. The standard InChI is InChI=1S/C13H24N2O/c1-10(2)13-14-9-12(16)15(13)8-7-11-5-3-4-6-11/h10-11,13-14H,3-9H2,1-2H3. The Morgan fingerprint density at radius 3 is 2.69 bits per heavy atom. The second-order valence-electron chi connectivity index (χ2n) is 5.60. The molecule has 0 aromatic heterocycles. The van der Waals surface area contributed by atoms with Crippen molar-refractivity contribution in [3.63, 3.8) is 0 Å². The Morgan fingerprint density at radius 1 is 1.38 bits per heavy atom. The van der Waals surface area contributed by atoms with Gasteiger partial charge in [0.1, 0.15) is 0 Å². The number of nitrogens with one attached hydrogen (secondary N) is 1. The Morgan fingerprint density at radius 2 is 2.06 bits per heavy atom. The molecule has 16 heavy (non-hydrogen) atoms. The maximum absolute atomic E-state index is 11.8. The van der Waals surface area contributed by atoms with Crippen molar-refractivity contribution in [2.45, 2.75) is 52.1 Å². The minimum atomic E-state index is 0.272. The average Bonchev–Trinajstić information content (AvgIpc) is 2.84. The summed E-state index contributed by atoms with van der Waals surface area (Å²) in [6.45, 7) is 5.85. The molecule has 2 aliphatic rings. The first-order valence-corrected chi connectivity index (χ1v) is 6.71. The van der Waals surface area contributed by atoms with Crippen LogP contribution in [0.3, 0.4) is 0 Å². The van der Waals surface area contributed by atoms with Gasteiger partial charge in [-0.2, -0.15) is 0 Å². The van der Waals surface area contributed by atoms with Crippen molar-refractivity contribution < 1.29 is 4.79 Å². The van der Waals surface area contributed by atoms with E-state index in [0.29, 0.717) is 12.5 Å². The molecule has 0 radical (unpaired) electrons. The Balaban J connectivity index is 1.83. The van der Waals surface area contributed by atoms with Gasteiger partial charge in [0.05, 0.1) is 12.7 Å². The Labute approximate surface area is 98.6 Å². The molecule has 1 aliphatic carbocycles. The molecule has 2 rings (SSSR count). The van der Waals surface area contributed by atoms with Crippen molar-refractivity contribution in [3.05, 3.63) is 0 Å². The highest BCUT2D eigenvalue weighted by Gasteiger charge is 2.32. The molecule has 1 aliphatic heterocycles. The third kappa shape index (κ3) is 2.57. The van der Waals surface area contributed by atoms with Crippen LogP contribution in [0.5, 0.6) is 0 Å². The number of hydrogen-bond donors (Lipinski definition) is 1. The van der Waals surface area contributed by atoms with Gasteiger partial charge in [-0.25, -0.2) is 0 Å². The van der Waals surface area contributed by atoms with Crippen LogP contribution in [0.2, 0.25) is 0 Å². The number of rotatable bonds is 4. The summed E-state index contributed by atoms with van der Waals surface area (Å²) < 4.78 is 0. The first-order valence-electron chi connectivity index (χ1n) is 6.71. The zero-order chi connectivity index (χ0) is 11.5. The third-order valence-electron chi connectivity index (χ3n) is 4.00. The van der Waals surface area contributed by atoms with Crippen LogP contribution >= 0.6 is 0 Å². The smallest absolute Gasteiger partial charge is 0.237 e. The SMILES string of the molecule is CC(C)C1NCC(=O)N1CCC1CCCC1. The van der Waals surface area contributed by atoms with Crippen LogP contribution in [-0.4, -0.2) is 30.1 Å². The second kappa shape index (κ2) is 5.17. The van der Waals surface area contributed by atoms with Gasteiger partial charge in [0.15, 0.2) is 0 Å². The van der Waals surface area contributed by atoms with Gasteiger partial charge in [-0.3, -0.25) is 10.1 Å². The molecule has 92 valence electrons.